The summed E-state index contributed by atoms with van der Waals surface area (Å²) in [6, 6.07) is 19.5. The summed E-state index contributed by atoms with van der Waals surface area (Å²) in [6.07, 6.45) is -5.57. The number of anilines is 1. The summed E-state index contributed by atoms with van der Waals surface area (Å²) in [5, 5.41) is 11.4. The minimum Gasteiger partial charge on any atom is -0.448 e. The van der Waals surface area contributed by atoms with Gasteiger partial charge in [-0.1, -0.05) is 48.5 Å². The molecule has 0 bridgehead atoms. The number of hydrogen-bond donors (Lipinski definition) is 1. The fraction of sp³-hybridized carbons (Fsp3) is 0.167. The van der Waals surface area contributed by atoms with E-state index in [1.54, 1.807) is 6.07 Å². The van der Waals surface area contributed by atoms with Crippen LogP contribution in [-0.4, -0.2) is 12.7 Å². The standard InChI is InChI=1S/C24H17F3N2O2/c1-14-21(11-10-15(12-28)22(14)24(25,26)27)29-23(30)31-13-20-18-8-4-2-6-16(18)17-7-3-5-9-19(17)20/h2-11,20H,13H2,1H3,(H,29,30). The minimum absolute atomic E-state index is 0.0430. The zero-order valence-corrected chi connectivity index (χ0v) is 16.5. The van der Waals surface area contributed by atoms with E-state index < -0.39 is 23.4 Å². The summed E-state index contributed by atoms with van der Waals surface area (Å²) in [6.45, 7) is 1.25. The number of hydrogen-bond acceptors (Lipinski definition) is 3. The van der Waals surface area contributed by atoms with E-state index in [1.165, 1.54) is 13.0 Å². The predicted molar refractivity (Wildman–Crippen MR) is 110 cm³/mol. The van der Waals surface area contributed by atoms with Crippen molar-refractivity contribution in [1.29, 1.82) is 5.26 Å². The molecule has 1 aliphatic rings. The smallest absolute Gasteiger partial charge is 0.418 e. The number of benzene rings is 3. The van der Waals surface area contributed by atoms with Gasteiger partial charge in [-0.2, -0.15) is 18.4 Å². The fourth-order valence-electron chi connectivity index (χ4n) is 4.05. The highest BCUT2D eigenvalue weighted by Crippen LogP contribution is 2.44. The normalized spacial score (nSPS) is 12.6. The quantitative estimate of drug-likeness (QED) is 0.543. The lowest BCUT2D eigenvalue weighted by molar-refractivity contribution is -0.138. The van der Waals surface area contributed by atoms with E-state index in [0.717, 1.165) is 28.3 Å². The van der Waals surface area contributed by atoms with Crippen molar-refractivity contribution in [3.8, 4) is 17.2 Å². The Hall–Kier alpha value is -3.79. The fourth-order valence-corrected chi connectivity index (χ4v) is 4.05. The van der Waals surface area contributed by atoms with Gasteiger partial charge in [0.25, 0.3) is 0 Å². The average Bonchev–Trinajstić information content (AvgIpc) is 3.06. The molecule has 0 saturated heterocycles. The molecule has 7 heteroatoms. The molecule has 0 fully saturated rings. The van der Waals surface area contributed by atoms with E-state index in [-0.39, 0.29) is 23.8 Å². The molecule has 0 aromatic heterocycles. The van der Waals surface area contributed by atoms with Crippen LogP contribution in [0.5, 0.6) is 0 Å². The van der Waals surface area contributed by atoms with Crippen molar-refractivity contribution >= 4 is 11.8 Å². The zero-order valence-electron chi connectivity index (χ0n) is 16.5. The van der Waals surface area contributed by atoms with Crippen LogP contribution in [-0.2, 0) is 10.9 Å². The van der Waals surface area contributed by atoms with Gasteiger partial charge in [-0.3, -0.25) is 5.32 Å². The van der Waals surface area contributed by atoms with E-state index in [4.69, 9.17) is 10.00 Å². The Morgan fingerprint density at radius 2 is 1.61 bits per heavy atom. The summed E-state index contributed by atoms with van der Waals surface area (Å²) in [5.74, 6) is -0.161. The lowest BCUT2D eigenvalue weighted by Crippen LogP contribution is -2.20. The molecule has 0 atom stereocenters. The SMILES string of the molecule is Cc1c(NC(=O)OCC2c3ccccc3-c3ccccc32)ccc(C#N)c1C(F)(F)F. The number of halogens is 3. The highest BCUT2D eigenvalue weighted by Gasteiger charge is 2.36. The lowest BCUT2D eigenvalue weighted by atomic mass is 9.98. The number of amides is 1. The summed E-state index contributed by atoms with van der Waals surface area (Å²) < 4.78 is 45.4. The molecule has 3 aromatic rings. The van der Waals surface area contributed by atoms with Crippen LogP contribution in [0.3, 0.4) is 0 Å². The number of nitrogens with one attached hydrogen (secondary N) is 1. The van der Waals surface area contributed by atoms with Crippen molar-refractivity contribution in [3.63, 3.8) is 0 Å². The number of carbonyl (C=O) groups is 1. The molecule has 1 amide bonds. The largest absolute Gasteiger partial charge is 0.448 e. The van der Waals surface area contributed by atoms with Crippen molar-refractivity contribution in [2.45, 2.75) is 19.0 Å². The molecule has 31 heavy (non-hydrogen) atoms. The number of carbonyl (C=O) groups excluding carboxylic acids is 1. The van der Waals surface area contributed by atoms with Crippen LogP contribution in [0, 0.1) is 18.3 Å². The highest BCUT2D eigenvalue weighted by molar-refractivity contribution is 5.86. The third kappa shape index (κ3) is 3.73. The minimum atomic E-state index is -4.71. The lowest BCUT2D eigenvalue weighted by Gasteiger charge is -2.17. The third-order valence-corrected chi connectivity index (χ3v) is 5.45. The predicted octanol–water partition coefficient (Wildman–Crippen LogP) is 6.25. The molecular formula is C24H17F3N2O2. The van der Waals surface area contributed by atoms with Gasteiger partial charge in [0.1, 0.15) is 6.61 Å². The van der Waals surface area contributed by atoms with Gasteiger partial charge >= 0.3 is 12.3 Å². The average molecular weight is 422 g/mol. The molecule has 1 N–H and O–H groups in total. The molecular weight excluding hydrogens is 405 g/mol. The van der Waals surface area contributed by atoms with Crippen LogP contribution in [0.1, 0.15) is 33.7 Å². The summed E-state index contributed by atoms with van der Waals surface area (Å²) in [5.41, 5.74) is 2.36. The number of nitrogens with zero attached hydrogens (tertiary/aromatic N) is 1. The molecule has 156 valence electrons. The van der Waals surface area contributed by atoms with Gasteiger partial charge < -0.3 is 4.74 Å². The first-order valence-corrected chi connectivity index (χ1v) is 9.54. The Bertz CT molecular complexity index is 1170. The Balaban J connectivity index is 1.53. The molecule has 0 aliphatic heterocycles. The van der Waals surface area contributed by atoms with Crippen LogP contribution >= 0.6 is 0 Å². The molecule has 0 heterocycles. The first-order valence-electron chi connectivity index (χ1n) is 9.54. The third-order valence-electron chi connectivity index (χ3n) is 5.45. The van der Waals surface area contributed by atoms with E-state index in [2.05, 4.69) is 5.32 Å². The Morgan fingerprint density at radius 3 is 2.16 bits per heavy atom. The van der Waals surface area contributed by atoms with Gasteiger partial charge in [-0.15, -0.1) is 0 Å². The highest BCUT2D eigenvalue weighted by atomic mass is 19.4. The molecule has 0 saturated carbocycles. The van der Waals surface area contributed by atoms with E-state index in [1.807, 2.05) is 48.5 Å². The van der Waals surface area contributed by atoms with Gasteiger partial charge in [0, 0.05) is 11.6 Å². The summed E-state index contributed by atoms with van der Waals surface area (Å²) in [7, 11) is 0. The second kappa shape index (κ2) is 7.80. The molecule has 3 aromatic carbocycles. The number of alkyl halides is 3. The van der Waals surface area contributed by atoms with E-state index in [9.17, 15) is 18.0 Å². The molecule has 4 nitrogen and oxygen atoms in total. The van der Waals surface area contributed by atoms with Gasteiger partial charge in [-0.05, 0) is 46.9 Å². The maximum Gasteiger partial charge on any atom is 0.418 e. The Labute approximate surface area is 176 Å². The number of nitriles is 1. The van der Waals surface area contributed by atoms with Gasteiger partial charge in [0.15, 0.2) is 0 Å². The molecule has 0 unspecified atom stereocenters. The van der Waals surface area contributed by atoms with Crippen molar-refractivity contribution in [3.05, 3.63) is 88.5 Å². The second-order valence-electron chi connectivity index (χ2n) is 7.22. The monoisotopic (exact) mass is 422 g/mol. The summed E-state index contributed by atoms with van der Waals surface area (Å²) in [4.78, 5) is 12.4. The van der Waals surface area contributed by atoms with Crippen molar-refractivity contribution in [1.82, 2.24) is 0 Å². The van der Waals surface area contributed by atoms with Gasteiger partial charge in [0.2, 0.25) is 0 Å². The Kier molecular flexibility index (Phi) is 5.15. The van der Waals surface area contributed by atoms with E-state index >= 15 is 0 Å². The second-order valence-corrected chi connectivity index (χ2v) is 7.22. The van der Waals surface area contributed by atoms with Crippen LogP contribution < -0.4 is 5.32 Å². The van der Waals surface area contributed by atoms with Gasteiger partial charge in [-0.25, -0.2) is 4.79 Å². The zero-order chi connectivity index (χ0) is 22.2. The molecule has 1 aliphatic carbocycles. The van der Waals surface area contributed by atoms with Crippen LogP contribution in [0.2, 0.25) is 0 Å². The van der Waals surface area contributed by atoms with Crippen molar-refractivity contribution < 1.29 is 22.7 Å². The Morgan fingerprint density at radius 1 is 1.03 bits per heavy atom. The molecule has 0 radical (unpaired) electrons. The number of fused-ring (bicyclic) bond motifs is 3. The van der Waals surface area contributed by atoms with Crippen LogP contribution in [0.15, 0.2) is 60.7 Å². The first-order chi connectivity index (χ1) is 14.8. The van der Waals surface area contributed by atoms with Crippen molar-refractivity contribution in [2.24, 2.45) is 0 Å². The van der Waals surface area contributed by atoms with Gasteiger partial charge in [0.05, 0.1) is 17.2 Å². The number of ether oxygens (including phenoxy) is 1. The van der Waals surface area contributed by atoms with E-state index in [0.29, 0.717) is 0 Å². The first kappa shape index (κ1) is 20.5. The maximum atomic E-state index is 13.4. The van der Waals surface area contributed by atoms with Crippen LogP contribution in [0.25, 0.3) is 11.1 Å². The molecule has 4 rings (SSSR count). The topological polar surface area (TPSA) is 62.1 Å². The summed E-state index contributed by atoms with van der Waals surface area (Å²) >= 11 is 0. The number of rotatable bonds is 3. The van der Waals surface area contributed by atoms with Crippen molar-refractivity contribution in [2.75, 3.05) is 11.9 Å². The van der Waals surface area contributed by atoms with Crippen LogP contribution in [0.4, 0.5) is 23.7 Å². The molecule has 0 spiro atoms. The maximum absolute atomic E-state index is 13.4.